The monoisotopic (exact) mass is 512 g/mol. The van der Waals surface area contributed by atoms with Crippen molar-refractivity contribution in [1.82, 2.24) is 30.1 Å². The first-order valence-corrected chi connectivity index (χ1v) is 13.8. The molecule has 4 aromatic rings. The molecule has 2 aromatic heterocycles. The van der Waals surface area contributed by atoms with Crippen LogP contribution in [0.15, 0.2) is 53.3 Å². The number of likely N-dealkylation sites (tertiary alicyclic amines) is 1. The molecule has 2 unspecified atom stereocenters. The predicted octanol–water partition coefficient (Wildman–Crippen LogP) is 4.35. The summed E-state index contributed by atoms with van der Waals surface area (Å²) in [6.07, 6.45) is 5.40. The Morgan fingerprint density at radius 1 is 1.05 bits per heavy atom. The van der Waals surface area contributed by atoms with Crippen molar-refractivity contribution >= 4 is 10.9 Å². The van der Waals surface area contributed by atoms with Crippen LogP contribution < -0.4 is 5.56 Å². The Morgan fingerprint density at radius 2 is 1.84 bits per heavy atom. The topological polar surface area (TPSA) is 88.9 Å². The number of pyridine rings is 1. The number of fused-ring (bicyclic) bond motifs is 1. The molecule has 0 saturated carbocycles. The second-order valence-corrected chi connectivity index (χ2v) is 11.0. The van der Waals surface area contributed by atoms with Gasteiger partial charge < -0.3 is 9.72 Å². The molecule has 38 heavy (non-hydrogen) atoms. The number of hydrogen-bond acceptors (Lipinski definition) is 6. The van der Waals surface area contributed by atoms with E-state index < -0.39 is 0 Å². The molecule has 198 valence electrons. The second kappa shape index (κ2) is 10.8. The van der Waals surface area contributed by atoms with Gasteiger partial charge in [-0.05, 0) is 116 Å². The Labute approximate surface area is 223 Å². The van der Waals surface area contributed by atoms with Crippen LogP contribution in [0, 0.1) is 19.8 Å². The van der Waals surface area contributed by atoms with Crippen LogP contribution in [0.2, 0.25) is 0 Å². The Bertz CT molecular complexity index is 1450. The normalized spacial score (nSPS) is 19.8. The molecule has 0 bridgehead atoms. The number of H-pyrrole nitrogens is 1. The largest absolute Gasteiger partial charge is 0.376 e. The lowest BCUT2D eigenvalue weighted by molar-refractivity contribution is 0.0892. The molecular formula is C30H36N6O2. The van der Waals surface area contributed by atoms with E-state index in [1.807, 2.05) is 10.7 Å². The molecule has 6 rings (SSSR count). The highest BCUT2D eigenvalue weighted by atomic mass is 16.5. The number of aromatic amines is 1. The number of nitrogens with one attached hydrogen (secondary N) is 1. The number of piperidine rings is 1. The minimum atomic E-state index is -0.321. The fourth-order valence-electron chi connectivity index (χ4n) is 6.08. The van der Waals surface area contributed by atoms with Crippen molar-refractivity contribution in [2.24, 2.45) is 5.92 Å². The van der Waals surface area contributed by atoms with Crippen molar-refractivity contribution in [2.45, 2.75) is 64.6 Å². The first kappa shape index (κ1) is 24.9. The van der Waals surface area contributed by atoms with E-state index in [9.17, 15) is 4.79 Å². The van der Waals surface area contributed by atoms with Crippen molar-refractivity contribution < 1.29 is 4.74 Å². The van der Waals surface area contributed by atoms with Crippen molar-refractivity contribution in [2.75, 3.05) is 19.7 Å². The van der Waals surface area contributed by atoms with Gasteiger partial charge >= 0.3 is 0 Å². The third kappa shape index (κ3) is 5.15. The predicted molar refractivity (Wildman–Crippen MR) is 147 cm³/mol. The second-order valence-electron chi connectivity index (χ2n) is 11.0. The average Bonchev–Trinajstić information content (AvgIpc) is 3.60. The highest BCUT2D eigenvalue weighted by Crippen LogP contribution is 2.32. The van der Waals surface area contributed by atoms with Crippen LogP contribution >= 0.6 is 0 Å². The van der Waals surface area contributed by atoms with Gasteiger partial charge in [0.15, 0.2) is 5.82 Å². The summed E-state index contributed by atoms with van der Waals surface area (Å²) in [5, 5.41) is 13.9. The lowest BCUT2D eigenvalue weighted by Crippen LogP contribution is -2.41. The van der Waals surface area contributed by atoms with Crippen molar-refractivity contribution in [3.8, 4) is 0 Å². The van der Waals surface area contributed by atoms with Crippen LogP contribution in [0.25, 0.3) is 10.9 Å². The Kier molecular flexibility index (Phi) is 7.08. The fraction of sp³-hybridized carbons (Fsp3) is 0.467. The number of tetrazole rings is 1. The number of hydrogen-bond donors (Lipinski definition) is 1. The van der Waals surface area contributed by atoms with E-state index in [0.717, 1.165) is 68.5 Å². The van der Waals surface area contributed by atoms with Gasteiger partial charge in [-0.2, -0.15) is 0 Å². The number of aromatic nitrogens is 5. The van der Waals surface area contributed by atoms with Crippen molar-refractivity contribution in [3.05, 3.63) is 87.0 Å². The molecule has 2 saturated heterocycles. The van der Waals surface area contributed by atoms with E-state index in [-0.39, 0.29) is 17.7 Å². The van der Waals surface area contributed by atoms with Gasteiger partial charge in [0.2, 0.25) is 0 Å². The number of nitrogens with zero attached hydrogens (tertiary/aromatic N) is 5. The molecule has 0 aliphatic carbocycles. The van der Waals surface area contributed by atoms with Gasteiger partial charge in [-0.1, -0.05) is 30.3 Å². The summed E-state index contributed by atoms with van der Waals surface area (Å²) in [7, 11) is 0. The van der Waals surface area contributed by atoms with E-state index in [1.165, 1.54) is 16.7 Å². The first-order chi connectivity index (χ1) is 18.5. The highest BCUT2D eigenvalue weighted by Gasteiger charge is 2.34. The zero-order chi connectivity index (χ0) is 26.1. The van der Waals surface area contributed by atoms with E-state index >= 15 is 0 Å². The van der Waals surface area contributed by atoms with E-state index in [4.69, 9.17) is 4.74 Å². The van der Waals surface area contributed by atoms with E-state index in [1.54, 1.807) is 0 Å². The first-order valence-electron chi connectivity index (χ1n) is 13.8. The van der Waals surface area contributed by atoms with Crippen LogP contribution in [0.3, 0.4) is 0 Å². The highest BCUT2D eigenvalue weighted by molar-refractivity contribution is 5.81. The lowest BCUT2D eigenvalue weighted by atomic mass is 9.89. The molecule has 2 aromatic carbocycles. The molecule has 0 spiro atoms. The molecule has 2 atom stereocenters. The van der Waals surface area contributed by atoms with Crippen molar-refractivity contribution in [1.29, 1.82) is 0 Å². The summed E-state index contributed by atoms with van der Waals surface area (Å²) >= 11 is 0. The summed E-state index contributed by atoms with van der Waals surface area (Å²) < 4.78 is 7.75. The number of rotatable bonds is 7. The fourth-order valence-corrected chi connectivity index (χ4v) is 6.08. The van der Waals surface area contributed by atoms with Gasteiger partial charge in [-0.15, -0.1) is 5.10 Å². The molecule has 8 heteroatoms. The molecule has 1 N–H and O–H groups in total. The molecular weight excluding hydrogens is 476 g/mol. The maximum absolute atomic E-state index is 13.6. The third-order valence-corrected chi connectivity index (χ3v) is 8.37. The standard InChI is InChI=1S/C30H36N6O2/c1-20-15-24-18-26(30(37)31-27(24)16-21(20)2)28(29-32-33-34-36(29)19-25-9-6-14-38-25)35-12-10-23(11-13-35)17-22-7-4-3-5-8-22/h3-5,7-8,15-16,18,23,25,28H,6,9-14,17,19H2,1-2H3,(H,31,37). The van der Waals surface area contributed by atoms with Crippen LogP contribution in [-0.4, -0.2) is 55.9 Å². The Morgan fingerprint density at radius 3 is 2.61 bits per heavy atom. The van der Waals surface area contributed by atoms with Gasteiger partial charge in [0, 0.05) is 17.7 Å². The molecule has 0 radical (unpaired) electrons. The van der Waals surface area contributed by atoms with Gasteiger partial charge in [-0.3, -0.25) is 9.69 Å². The summed E-state index contributed by atoms with van der Waals surface area (Å²) in [5.41, 5.74) is 5.24. The van der Waals surface area contributed by atoms with Gasteiger partial charge in [0.05, 0.1) is 12.6 Å². The molecule has 0 amide bonds. The SMILES string of the molecule is Cc1cc2cc(C(c3nnnn3CC3CCCO3)N3CCC(Cc4ccccc4)CC3)c(=O)[nH]c2cc1C. The van der Waals surface area contributed by atoms with E-state index in [0.29, 0.717) is 18.0 Å². The number of aryl methyl sites for hydroxylation is 2. The summed E-state index contributed by atoms with van der Waals surface area (Å²) in [6, 6.07) is 16.7. The molecule has 2 fully saturated rings. The van der Waals surface area contributed by atoms with Gasteiger partial charge in [0.1, 0.15) is 6.04 Å². The summed E-state index contributed by atoms with van der Waals surface area (Å²) in [6.45, 7) is 7.34. The average molecular weight is 513 g/mol. The third-order valence-electron chi connectivity index (χ3n) is 8.37. The van der Waals surface area contributed by atoms with Crippen molar-refractivity contribution in [3.63, 3.8) is 0 Å². The molecule has 2 aliphatic rings. The lowest BCUT2D eigenvalue weighted by Gasteiger charge is -2.37. The zero-order valence-corrected chi connectivity index (χ0v) is 22.3. The Balaban J connectivity index is 1.34. The Hall–Kier alpha value is -3.36. The van der Waals surface area contributed by atoms with Gasteiger partial charge in [0.25, 0.3) is 5.56 Å². The quantitative estimate of drug-likeness (QED) is 0.396. The smallest absolute Gasteiger partial charge is 0.253 e. The van der Waals surface area contributed by atoms with Crippen LogP contribution in [0.4, 0.5) is 0 Å². The minimum Gasteiger partial charge on any atom is -0.376 e. The minimum absolute atomic E-state index is 0.0798. The number of benzene rings is 2. The maximum Gasteiger partial charge on any atom is 0.253 e. The van der Waals surface area contributed by atoms with Crippen LogP contribution in [0.1, 0.15) is 59.8 Å². The molecule has 2 aliphatic heterocycles. The zero-order valence-electron chi connectivity index (χ0n) is 22.3. The summed E-state index contributed by atoms with van der Waals surface area (Å²) in [4.78, 5) is 19.1. The maximum atomic E-state index is 13.6. The van der Waals surface area contributed by atoms with Crippen LogP contribution in [-0.2, 0) is 17.7 Å². The molecule has 4 heterocycles. The van der Waals surface area contributed by atoms with Gasteiger partial charge in [-0.25, -0.2) is 4.68 Å². The summed E-state index contributed by atoms with van der Waals surface area (Å²) in [5.74, 6) is 1.34. The molecule has 8 nitrogen and oxygen atoms in total. The van der Waals surface area contributed by atoms with E-state index in [2.05, 4.69) is 81.7 Å². The van der Waals surface area contributed by atoms with Crippen LogP contribution in [0.5, 0.6) is 0 Å². The number of ether oxygens (including phenoxy) is 1.